The van der Waals surface area contributed by atoms with E-state index in [2.05, 4.69) is 20.6 Å². The molecule has 2 amide bonds. The average molecular weight is 420 g/mol. The number of aromatic amines is 1. The van der Waals surface area contributed by atoms with Crippen molar-refractivity contribution < 1.29 is 27.5 Å². The van der Waals surface area contributed by atoms with E-state index in [0.29, 0.717) is 5.52 Å². The maximum absolute atomic E-state index is 14.0. The number of hydrogen-bond donors (Lipinski definition) is 3. The summed E-state index contributed by atoms with van der Waals surface area (Å²) < 4.78 is 44.6. The van der Waals surface area contributed by atoms with Crippen LogP contribution in [-0.2, 0) is 4.74 Å². The highest BCUT2D eigenvalue weighted by atomic mass is 19.3. The van der Waals surface area contributed by atoms with Crippen LogP contribution in [0.4, 0.5) is 29.3 Å². The molecule has 3 N–H and O–H groups in total. The van der Waals surface area contributed by atoms with E-state index in [4.69, 9.17) is 4.74 Å². The van der Waals surface area contributed by atoms with Crippen LogP contribution >= 0.6 is 0 Å². The number of H-pyrrole nitrogens is 1. The molecule has 0 saturated carbocycles. The Hall–Kier alpha value is -3.56. The quantitative estimate of drug-likeness (QED) is 0.538. The molecule has 2 aromatic carbocycles. The minimum atomic E-state index is -2.76. The molecule has 0 unspecified atom stereocenters. The van der Waals surface area contributed by atoms with Gasteiger partial charge in [0.05, 0.1) is 16.7 Å². The third-order valence-corrected chi connectivity index (χ3v) is 3.83. The molecule has 0 spiro atoms. The maximum Gasteiger partial charge on any atom is 0.412 e. The van der Waals surface area contributed by atoms with Gasteiger partial charge in [-0.2, -0.15) is 0 Å². The minimum Gasteiger partial charge on any atom is -0.444 e. The van der Waals surface area contributed by atoms with Crippen molar-refractivity contribution in [1.82, 2.24) is 9.97 Å². The van der Waals surface area contributed by atoms with Gasteiger partial charge in [-0.15, -0.1) is 0 Å². The molecule has 0 atom stereocenters. The van der Waals surface area contributed by atoms with Crippen molar-refractivity contribution in [2.45, 2.75) is 32.8 Å². The number of carbonyl (C=O) groups is 2. The molecule has 158 valence electrons. The molecule has 0 saturated heterocycles. The first-order valence-electron chi connectivity index (χ1n) is 8.90. The summed E-state index contributed by atoms with van der Waals surface area (Å²) in [6.45, 7) is 5.00. The summed E-state index contributed by atoms with van der Waals surface area (Å²) >= 11 is 0. The van der Waals surface area contributed by atoms with Crippen molar-refractivity contribution in [3.05, 3.63) is 53.6 Å². The van der Waals surface area contributed by atoms with Crippen molar-refractivity contribution in [3.8, 4) is 0 Å². The summed E-state index contributed by atoms with van der Waals surface area (Å²) in [5.41, 5.74) is 0.0369. The van der Waals surface area contributed by atoms with Crippen LogP contribution < -0.4 is 10.6 Å². The number of carbonyl (C=O) groups excluding carboxylic acids is 2. The van der Waals surface area contributed by atoms with E-state index in [0.717, 1.165) is 6.07 Å². The third kappa shape index (κ3) is 5.07. The largest absolute Gasteiger partial charge is 0.444 e. The molecule has 3 aromatic rings. The number of aromatic nitrogens is 2. The van der Waals surface area contributed by atoms with Crippen LogP contribution in [0, 0.1) is 5.82 Å². The van der Waals surface area contributed by atoms with E-state index in [9.17, 15) is 22.8 Å². The Morgan fingerprint density at radius 2 is 1.83 bits per heavy atom. The first-order valence-corrected chi connectivity index (χ1v) is 8.90. The molecule has 7 nitrogen and oxygen atoms in total. The number of alkyl halides is 2. The van der Waals surface area contributed by atoms with Gasteiger partial charge in [0.25, 0.3) is 12.3 Å². The number of anilines is 2. The number of benzene rings is 2. The minimum absolute atomic E-state index is 0.173. The average Bonchev–Trinajstić information content (AvgIpc) is 3.06. The molecule has 0 aliphatic rings. The number of nitrogens with zero attached hydrogens (tertiary/aromatic N) is 1. The van der Waals surface area contributed by atoms with Gasteiger partial charge in [-0.25, -0.2) is 22.9 Å². The predicted octanol–water partition coefficient (Wildman–Crippen LogP) is 5.24. The van der Waals surface area contributed by atoms with Crippen LogP contribution in [-0.4, -0.2) is 27.6 Å². The lowest BCUT2D eigenvalue weighted by atomic mass is 10.2. The van der Waals surface area contributed by atoms with Gasteiger partial charge in [0.2, 0.25) is 0 Å². The van der Waals surface area contributed by atoms with Gasteiger partial charge in [0.15, 0.2) is 5.82 Å². The van der Waals surface area contributed by atoms with E-state index in [1.807, 2.05) is 0 Å². The fraction of sp³-hybridized carbons (Fsp3) is 0.250. The van der Waals surface area contributed by atoms with E-state index < -0.39 is 35.7 Å². The Morgan fingerprint density at radius 1 is 1.10 bits per heavy atom. The molecule has 1 heterocycles. The lowest BCUT2D eigenvalue weighted by molar-refractivity contribution is 0.0635. The number of halogens is 3. The zero-order valence-electron chi connectivity index (χ0n) is 16.3. The second-order valence-electron chi connectivity index (χ2n) is 7.43. The smallest absolute Gasteiger partial charge is 0.412 e. The van der Waals surface area contributed by atoms with E-state index in [-0.39, 0.29) is 22.5 Å². The van der Waals surface area contributed by atoms with Crippen LogP contribution in [0.25, 0.3) is 11.0 Å². The number of ether oxygens (including phenoxy) is 1. The Labute approximate surface area is 169 Å². The van der Waals surface area contributed by atoms with E-state index >= 15 is 0 Å². The number of fused-ring (bicyclic) bond motifs is 1. The zero-order valence-corrected chi connectivity index (χ0v) is 16.3. The fourth-order valence-corrected chi connectivity index (χ4v) is 2.59. The first-order chi connectivity index (χ1) is 14.0. The predicted molar refractivity (Wildman–Crippen MR) is 105 cm³/mol. The van der Waals surface area contributed by atoms with Gasteiger partial charge in [0.1, 0.15) is 11.4 Å². The monoisotopic (exact) mass is 420 g/mol. The molecule has 10 heteroatoms. The van der Waals surface area contributed by atoms with Crippen LogP contribution in [0.15, 0.2) is 36.4 Å². The highest BCUT2D eigenvalue weighted by molar-refractivity contribution is 6.06. The van der Waals surface area contributed by atoms with Gasteiger partial charge in [-0.05, 0) is 57.2 Å². The van der Waals surface area contributed by atoms with Crippen molar-refractivity contribution >= 4 is 34.4 Å². The second-order valence-corrected chi connectivity index (χ2v) is 7.43. The molecular weight excluding hydrogens is 401 g/mol. The van der Waals surface area contributed by atoms with Gasteiger partial charge in [0, 0.05) is 11.3 Å². The highest BCUT2D eigenvalue weighted by Crippen LogP contribution is 2.23. The molecule has 3 rings (SSSR count). The molecule has 0 fully saturated rings. The molecule has 0 radical (unpaired) electrons. The van der Waals surface area contributed by atoms with E-state index in [1.54, 1.807) is 20.8 Å². The molecule has 0 aliphatic carbocycles. The van der Waals surface area contributed by atoms with Crippen LogP contribution in [0.5, 0.6) is 0 Å². The van der Waals surface area contributed by atoms with Crippen LogP contribution in [0.1, 0.15) is 43.4 Å². The Balaban J connectivity index is 1.76. The number of nitrogens with one attached hydrogen (secondary N) is 3. The van der Waals surface area contributed by atoms with Gasteiger partial charge < -0.3 is 15.0 Å². The molecule has 0 aliphatic heterocycles. The zero-order chi connectivity index (χ0) is 22.1. The topological polar surface area (TPSA) is 96.1 Å². The third-order valence-electron chi connectivity index (χ3n) is 3.83. The lowest BCUT2D eigenvalue weighted by Crippen LogP contribution is -2.27. The standard InChI is InChI=1S/C20H19F3N4O3/c1-20(2,3)30-19(29)27-14-9-11(5-6-12(14)21)24-18(28)10-4-7-13-15(8-10)26-17(25-13)16(22)23/h4-9,16H,1-3H3,(H,24,28)(H,25,26)(H,27,29). The number of hydrogen-bond acceptors (Lipinski definition) is 4. The van der Waals surface area contributed by atoms with Gasteiger partial charge in [-0.3, -0.25) is 10.1 Å². The van der Waals surface area contributed by atoms with Crippen molar-refractivity contribution in [3.63, 3.8) is 0 Å². The van der Waals surface area contributed by atoms with E-state index in [1.165, 1.54) is 30.3 Å². The van der Waals surface area contributed by atoms with Crippen molar-refractivity contribution in [1.29, 1.82) is 0 Å². The number of amides is 2. The lowest BCUT2D eigenvalue weighted by Gasteiger charge is -2.20. The van der Waals surface area contributed by atoms with Crippen molar-refractivity contribution in [2.24, 2.45) is 0 Å². The van der Waals surface area contributed by atoms with Crippen LogP contribution in [0.3, 0.4) is 0 Å². The summed E-state index contributed by atoms with van der Waals surface area (Å²) in [6.07, 6.45) is -3.60. The summed E-state index contributed by atoms with van der Waals surface area (Å²) in [6, 6.07) is 7.88. The summed E-state index contributed by atoms with van der Waals surface area (Å²) in [5, 5.41) is 4.85. The van der Waals surface area contributed by atoms with Gasteiger partial charge in [-0.1, -0.05) is 0 Å². The molecule has 1 aromatic heterocycles. The second kappa shape index (κ2) is 8.05. The normalized spacial score (nSPS) is 11.6. The summed E-state index contributed by atoms with van der Waals surface area (Å²) in [7, 11) is 0. The van der Waals surface area contributed by atoms with Crippen LogP contribution in [0.2, 0.25) is 0 Å². The summed E-state index contributed by atoms with van der Waals surface area (Å²) in [4.78, 5) is 30.6. The SMILES string of the molecule is CC(C)(C)OC(=O)Nc1cc(NC(=O)c2ccc3nc(C(F)F)[nH]c3c2)ccc1F. The number of imidazole rings is 1. The fourth-order valence-electron chi connectivity index (χ4n) is 2.59. The summed E-state index contributed by atoms with van der Waals surface area (Å²) in [5.74, 6) is -1.75. The Kier molecular flexibility index (Phi) is 5.68. The highest BCUT2D eigenvalue weighted by Gasteiger charge is 2.18. The van der Waals surface area contributed by atoms with Gasteiger partial charge >= 0.3 is 6.09 Å². The number of rotatable bonds is 4. The molecule has 30 heavy (non-hydrogen) atoms. The first kappa shape index (κ1) is 21.2. The molecular formula is C20H19F3N4O3. The van der Waals surface area contributed by atoms with Crippen molar-refractivity contribution in [2.75, 3.05) is 10.6 Å². The molecule has 0 bridgehead atoms. The maximum atomic E-state index is 14.0. The Bertz CT molecular complexity index is 1110. The Morgan fingerprint density at radius 3 is 2.50 bits per heavy atom.